The number of ketones is 1. The molecule has 1 atom stereocenters. The molecule has 2 saturated heterocycles. The number of carbonyl (C=O) groups is 2. The molecule has 0 saturated carbocycles. The highest BCUT2D eigenvalue weighted by atomic mass is 16.5. The number of aliphatic hydroxyl groups is 1. The van der Waals surface area contributed by atoms with Crippen LogP contribution in [0.1, 0.15) is 23.6 Å². The Morgan fingerprint density at radius 1 is 1.03 bits per heavy atom. The number of aliphatic hydroxyl groups excluding tert-OH is 1. The Bertz CT molecular complexity index is 924. The van der Waals surface area contributed by atoms with Crippen LogP contribution in [0, 0.1) is 0 Å². The fraction of sp³-hybridized carbons (Fsp3) is 0.348. The van der Waals surface area contributed by atoms with Crippen molar-refractivity contribution in [3.05, 3.63) is 71.6 Å². The highest BCUT2D eigenvalue weighted by Crippen LogP contribution is 2.39. The number of amides is 1. The monoisotopic (exact) mass is 407 g/mol. The molecule has 0 aliphatic carbocycles. The summed E-state index contributed by atoms with van der Waals surface area (Å²) < 4.78 is 5.38. The largest absolute Gasteiger partial charge is 0.507 e. The normalized spacial score (nSPS) is 21.9. The molecule has 1 aromatic carbocycles. The van der Waals surface area contributed by atoms with E-state index in [9.17, 15) is 14.7 Å². The second kappa shape index (κ2) is 9.19. The fourth-order valence-corrected chi connectivity index (χ4v) is 4.05. The molecule has 4 rings (SSSR count). The van der Waals surface area contributed by atoms with Crippen molar-refractivity contribution in [3.63, 3.8) is 0 Å². The van der Waals surface area contributed by atoms with E-state index in [-0.39, 0.29) is 11.3 Å². The molecule has 0 radical (unpaired) electrons. The lowest BCUT2D eigenvalue weighted by atomic mass is 9.95. The summed E-state index contributed by atoms with van der Waals surface area (Å²) in [5.74, 6) is -1.38. The molecule has 7 heteroatoms. The van der Waals surface area contributed by atoms with E-state index >= 15 is 0 Å². The van der Waals surface area contributed by atoms with Crippen LogP contribution < -0.4 is 0 Å². The molecule has 1 N–H and O–H groups in total. The first-order valence-electron chi connectivity index (χ1n) is 10.2. The van der Waals surface area contributed by atoms with E-state index in [1.54, 1.807) is 29.4 Å². The molecule has 156 valence electrons. The smallest absolute Gasteiger partial charge is 0.295 e. The quantitative estimate of drug-likeness (QED) is 0.449. The zero-order valence-electron chi connectivity index (χ0n) is 16.7. The number of Topliss-reactive ketones (excluding diaryl/α,β-unsaturated/α-hetero) is 1. The van der Waals surface area contributed by atoms with E-state index < -0.39 is 17.7 Å². The average Bonchev–Trinajstić information content (AvgIpc) is 3.05. The van der Waals surface area contributed by atoms with Gasteiger partial charge in [0.25, 0.3) is 11.7 Å². The number of nitrogens with zero attached hydrogens (tertiary/aromatic N) is 3. The van der Waals surface area contributed by atoms with E-state index in [1.165, 1.54) is 0 Å². The topological polar surface area (TPSA) is 83.0 Å². The van der Waals surface area contributed by atoms with Crippen molar-refractivity contribution in [2.75, 3.05) is 39.4 Å². The van der Waals surface area contributed by atoms with Crippen LogP contribution >= 0.6 is 0 Å². The highest BCUT2D eigenvalue weighted by Gasteiger charge is 2.45. The Hall–Kier alpha value is -3.03. The molecule has 1 aromatic heterocycles. The average molecular weight is 407 g/mol. The van der Waals surface area contributed by atoms with Crippen molar-refractivity contribution in [2.45, 2.75) is 12.5 Å². The first-order valence-corrected chi connectivity index (χ1v) is 10.2. The van der Waals surface area contributed by atoms with E-state index in [2.05, 4.69) is 9.88 Å². The number of hydrogen-bond donors (Lipinski definition) is 1. The van der Waals surface area contributed by atoms with Gasteiger partial charge in [-0.3, -0.25) is 19.5 Å². The van der Waals surface area contributed by atoms with Crippen molar-refractivity contribution >= 4 is 17.4 Å². The van der Waals surface area contributed by atoms with Gasteiger partial charge in [-0.1, -0.05) is 30.3 Å². The molecule has 3 heterocycles. The maximum Gasteiger partial charge on any atom is 0.295 e. The summed E-state index contributed by atoms with van der Waals surface area (Å²) in [5, 5.41) is 10.9. The zero-order chi connectivity index (χ0) is 20.9. The van der Waals surface area contributed by atoms with Crippen LogP contribution in [0.3, 0.4) is 0 Å². The van der Waals surface area contributed by atoms with Gasteiger partial charge >= 0.3 is 0 Å². The Morgan fingerprint density at radius 2 is 1.73 bits per heavy atom. The molecule has 2 aliphatic heterocycles. The Kier molecular flexibility index (Phi) is 6.21. The summed E-state index contributed by atoms with van der Waals surface area (Å²) in [6, 6.07) is 12.0. The Morgan fingerprint density at radius 3 is 2.43 bits per heavy atom. The minimum absolute atomic E-state index is 0.128. The molecule has 0 bridgehead atoms. The minimum Gasteiger partial charge on any atom is -0.507 e. The van der Waals surface area contributed by atoms with E-state index in [1.807, 2.05) is 30.3 Å². The number of hydrogen-bond acceptors (Lipinski definition) is 6. The van der Waals surface area contributed by atoms with Crippen LogP contribution in [0.15, 0.2) is 60.4 Å². The van der Waals surface area contributed by atoms with Crippen molar-refractivity contribution in [2.24, 2.45) is 0 Å². The zero-order valence-corrected chi connectivity index (χ0v) is 16.7. The summed E-state index contributed by atoms with van der Waals surface area (Å²) in [6.45, 7) is 4.47. The third-order valence-electron chi connectivity index (χ3n) is 5.59. The van der Waals surface area contributed by atoms with Crippen molar-refractivity contribution in [1.29, 1.82) is 0 Å². The number of likely N-dealkylation sites (tertiary alicyclic amines) is 1. The number of morpholine rings is 1. The molecular weight excluding hydrogens is 382 g/mol. The third-order valence-corrected chi connectivity index (χ3v) is 5.59. The van der Waals surface area contributed by atoms with Gasteiger partial charge in [-0.15, -0.1) is 0 Å². The van der Waals surface area contributed by atoms with E-state index in [0.717, 1.165) is 44.8 Å². The Labute approximate surface area is 175 Å². The van der Waals surface area contributed by atoms with Gasteiger partial charge in [0.2, 0.25) is 0 Å². The van der Waals surface area contributed by atoms with Crippen LogP contribution in [0.4, 0.5) is 0 Å². The molecule has 1 amide bonds. The fourth-order valence-electron chi connectivity index (χ4n) is 4.05. The molecule has 30 heavy (non-hydrogen) atoms. The predicted octanol–water partition coefficient (Wildman–Crippen LogP) is 2.23. The summed E-state index contributed by atoms with van der Waals surface area (Å²) >= 11 is 0. The molecule has 2 aliphatic rings. The van der Waals surface area contributed by atoms with Crippen LogP contribution in [-0.2, 0) is 14.3 Å². The van der Waals surface area contributed by atoms with Crippen LogP contribution in [0.25, 0.3) is 5.76 Å². The van der Waals surface area contributed by atoms with Crippen LogP contribution in [-0.4, -0.2) is 71.0 Å². The van der Waals surface area contributed by atoms with Gasteiger partial charge in [-0.25, -0.2) is 0 Å². The molecule has 2 aromatic rings. The number of carbonyl (C=O) groups excluding carboxylic acids is 2. The van der Waals surface area contributed by atoms with E-state index in [0.29, 0.717) is 12.1 Å². The molecule has 2 fully saturated rings. The van der Waals surface area contributed by atoms with Gasteiger partial charge in [0.1, 0.15) is 5.76 Å². The number of ether oxygens (including phenoxy) is 1. The number of pyridine rings is 1. The second-order valence-electron chi connectivity index (χ2n) is 7.45. The van der Waals surface area contributed by atoms with Crippen LogP contribution in [0.2, 0.25) is 0 Å². The number of rotatable bonds is 6. The van der Waals surface area contributed by atoms with Crippen LogP contribution in [0.5, 0.6) is 0 Å². The molecule has 0 spiro atoms. The highest BCUT2D eigenvalue weighted by molar-refractivity contribution is 6.46. The summed E-state index contributed by atoms with van der Waals surface area (Å²) in [6.07, 6.45) is 3.83. The summed E-state index contributed by atoms with van der Waals surface area (Å²) in [4.78, 5) is 33.7. The predicted molar refractivity (Wildman–Crippen MR) is 112 cm³/mol. The molecular formula is C23H25N3O4. The maximum absolute atomic E-state index is 12.9. The SMILES string of the molecule is O=C1C(=O)N(CCCN2CCOCC2)[C@@H](c2ccccc2)C1=C(O)c1ccncc1. The standard InChI is InChI=1S/C23H25N3O4/c27-21(18-7-9-24-10-8-18)19-20(17-5-2-1-3-6-17)26(23(29)22(19)28)12-4-11-25-13-15-30-16-14-25/h1-3,5-10,20,27H,4,11-16H2/t20-/m0/s1. The van der Waals surface area contributed by atoms with Gasteiger partial charge < -0.3 is 14.7 Å². The maximum atomic E-state index is 12.9. The van der Waals surface area contributed by atoms with Crippen molar-refractivity contribution in [1.82, 2.24) is 14.8 Å². The second-order valence-corrected chi connectivity index (χ2v) is 7.45. The summed E-state index contributed by atoms with van der Waals surface area (Å²) in [5.41, 5.74) is 1.40. The lowest BCUT2D eigenvalue weighted by Gasteiger charge is -2.29. The first-order chi connectivity index (χ1) is 14.7. The lowest BCUT2D eigenvalue weighted by Crippen LogP contribution is -2.38. The first kappa shape index (κ1) is 20.3. The van der Waals surface area contributed by atoms with Gasteiger partial charge in [0.05, 0.1) is 24.8 Å². The van der Waals surface area contributed by atoms with Gasteiger partial charge in [-0.2, -0.15) is 0 Å². The molecule has 0 unspecified atom stereocenters. The van der Waals surface area contributed by atoms with Gasteiger partial charge in [0.15, 0.2) is 0 Å². The van der Waals surface area contributed by atoms with E-state index in [4.69, 9.17) is 4.74 Å². The van der Waals surface area contributed by atoms with Crippen molar-refractivity contribution in [3.8, 4) is 0 Å². The third kappa shape index (κ3) is 4.13. The Balaban J connectivity index is 1.63. The minimum atomic E-state index is -0.649. The van der Waals surface area contributed by atoms with Gasteiger partial charge in [-0.05, 0) is 24.1 Å². The number of benzene rings is 1. The summed E-state index contributed by atoms with van der Waals surface area (Å²) in [7, 11) is 0. The van der Waals surface area contributed by atoms with Crippen molar-refractivity contribution < 1.29 is 19.4 Å². The molecule has 7 nitrogen and oxygen atoms in total. The van der Waals surface area contributed by atoms with Gasteiger partial charge in [0, 0.05) is 44.1 Å². The number of aromatic nitrogens is 1. The lowest BCUT2D eigenvalue weighted by molar-refractivity contribution is -0.140.